The highest BCUT2D eigenvalue weighted by atomic mass is 32.2. The molecule has 1 fully saturated rings. The van der Waals surface area contributed by atoms with E-state index in [9.17, 15) is 22.0 Å². The average Bonchev–Trinajstić information content (AvgIpc) is 3.21. The van der Waals surface area contributed by atoms with Crippen molar-refractivity contribution in [3.8, 4) is 0 Å². The molecule has 0 bridgehead atoms. The molecule has 2 aromatic carbocycles. The molecule has 4 rings (SSSR count). The summed E-state index contributed by atoms with van der Waals surface area (Å²) in [6, 6.07) is 10.5. The van der Waals surface area contributed by atoms with Gasteiger partial charge in [-0.25, -0.2) is 17.2 Å². The Morgan fingerprint density at radius 1 is 1.09 bits per heavy atom. The molecule has 1 aliphatic heterocycles. The monoisotopic (exact) mass is 501 g/mol. The summed E-state index contributed by atoms with van der Waals surface area (Å²) < 4.78 is 60.3. The van der Waals surface area contributed by atoms with E-state index in [-0.39, 0.29) is 46.8 Å². The Labute approximate surface area is 202 Å². The normalized spacial score (nSPS) is 15.5. The van der Waals surface area contributed by atoms with E-state index < -0.39 is 21.7 Å². The molecule has 0 atom stereocenters. The number of rotatable bonds is 6. The minimum atomic E-state index is -3.97. The van der Waals surface area contributed by atoms with Crippen LogP contribution < -0.4 is 5.32 Å². The van der Waals surface area contributed by atoms with Crippen LogP contribution in [0.5, 0.6) is 0 Å². The average molecular weight is 502 g/mol. The molecular weight excluding hydrogens is 476 g/mol. The maximum Gasteiger partial charge on any atom is 0.248 e. The van der Waals surface area contributed by atoms with E-state index in [4.69, 9.17) is 4.52 Å². The maximum atomic E-state index is 13.9. The number of halogens is 2. The Bertz CT molecular complexity index is 1360. The van der Waals surface area contributed by atoms with Crippen molar-refractivity contribution in [3.63, 3.8) is 0 Å². The summed E-state index contributed by atoms with van der Waals surface area (Å²) in [5, 5.41) is 6.66. The third-order valence-electron chi connectivity index (χ3n) is 5.95. The summed E-state index contributed by atoms with van der Waals surface area (Å²) in [5.41, 5.74) is 2.03. The lowest BCUT2D eigenvalue weighted by atomic mass is 9.97. The number of aromatic nitrogens is 1. The van der Waals surface area contributed by atoms with Crippen molar-refractivity contribution in [3.05, 3.63) is 76.7 Å². The number of amides is 1. The van der Waals surface area contributed by atoms with Crippen molar-refractivity contribution in [2.24, 2.45) is 5.92 Å². The fraction of sp³-hybridized carbons (Fsp3) is 0.280. The quantitative estimate of drug-likeness (QED) is 0.525. The molecule has 1 aliphatic rings. The number of carbonyl (C=O) groups is 1. The Morgan fingerprint density at radius 2 is 1.77 bits per heavy atom. The van der Waals surface area contributed by atoms with Crippen LogP contribution in [0.15, 0.2) is 51.9 Å². The molecule has 1 N–H and O–H groups in total. The van der Waals surface area contributed by atoms with E-state index in [2.05, 4.69) is 10.5 Å². The molecule has 7 nitrogen and oxygen atoms in total. The van der Waals surface area contributed by atoms with Crippen molar-refractivity contribution in [1.82, 2.24) is 9.46 Å². The molecule has 0 radical (unpaired) electrons. The summed E-state index contributed by atoms with van der Waals surface area (Å²) >= 11 is 0. The highest BCUT2D eigenvalue weighted by Gasteiger charge is 2.36. The number of nitrogens with one attached hydrogen (secondary N) is 1. The molecule has 2 heterocycles. The number of hydrogen-bond donors (Lipinski definition) is 1. The number of aryl methyl sites for hydroxylation is 2. The van der Waals surface area contributed by atoms with Crippen LogP contribution in [0.3, 0.4) is 0 Å². The predicted molar refractivity (Wildman–Crippen MR) is 128 cm³/mol. The van der Waals surface area contributed by atoms with Crippen LogP contribution in [0.2, 0.25) is 0 Å². The number of hydrogen-bond acceptors (Lipinski definition) is 5. The number of anilines is 1. The summed E-state index contributed by atoms with van der Waals surface area (Å²) in [5.74, 6) is -2.00. The van der Waals surface area contributed by atoms with Gasteiger partial charge in [0, 0.05) is 36.3 Å². The summed E-state index contributed by atoms with van der Waals surface area (Å²) in [7, 11) is -3.97. The van der Waals surface area contributed by atoms with E-state index in [1.165, 1.54) is 29.4 Å². The SMILES string of the molecule is Cc1ccc(NC(=O)C2CCN(S(=O)(=O)c3c(C)noc3C=Cc3ccc(F)cc3F)CC2)cc1. The zero-order valence-electron chi connectivity index (χ0n) is 19.3. The molecule has 184 valence electrons. The largest absolute Gasteiger partial charge is 0.355 e. The van der Waals surface area contributed by atoms with Gasteiger partial charge in [-0.2, -0.15) is 4.31 Å². The Morgan fingerprint density at radius 3 is 2.43 bits per heavy atom. The third-order valence-corrected chi connectivity index (χ3v) is 8.01. The van der Waals surface area contributed by atoms with E-state index in [1.54, 1.807) is 0 Å². The lowest BCUT2D eigenvalue weighted by Crippen LogP contribution is -2.41. The standard InChI is InChI=1S/C25H25F2N3O4S/c1-16-3-8-21(9-4-16)28-25(31)19-11-13-30(14-12-19)35(32,33)24-17(2)29-34-23(24)10-6-18-5-7-20(26)15-22(18)27/h3-10,15,19H,11-14H2,1-2H3,(H,28,31). The molecule has 1 saturated heterocycles. The molecule has 0 saturated carbocycles. The Balaban J connectivity index is 1.46. The molecule has 35 heavy (non-hydrogen) atoms. The van der Waals surface area contributed by atoms with Crippen LogP contribution in [-0.4, -0.2) is 36.9 Å². The molecule has 10 heteroatoms. The molecule has 0 unspecified atom stereocenters. The number of piperidine rings is 1. The molecule has 1 amide bonds. The minimum Gasteiger partial charge on any atom is -0.355 e. The van der Waals surface area contributed by atoms with E-state index in [0.717, 1.165) is 17.7 Å². The van der Waals surface area contributed by atoms with Crippen molar-refractivity contribution in [1.29, 1.82) is 0 Å². The first-order chi connectivity index (χ1) is 16.6. The van der Waals surface area contributed by atoms with Crippen LogP contribution in [-0.2, 0) is 14.8 Å². The van der Waals surface area contributed by atoms with Gasteiger partial charge in [0.2, 0.25) is 15.9 Å². The molecule has 0 spiro atoms. The summed E-state index contributed by atoms with van der Waals surface area (Å²) in [6.45, 7) is 3.79. The summed E-state index contributed by atoms with van der Waals surface area (Å²) in [6.07, 6.45) is 3.33. The van der Waals surface area contributed by atoms with Crippen molar-refractivity contribution >= 4 is 33.8 Å². The van der Waals surface area contributed by atoms with Crippen LogP contribution >= 0.6 is 0 Å². The first-order valence-corrected chi connectivity index (χ1v) is 12.6. The van der Waals surface area contributed by atoms with Gasteiger partial charge in [0.15, 0.2) is 10.7 Å². The second-order valence-corrected chi connectivity index (χ2v) is 10.4. The topological polar surface area (TPSA) is 92.5 Å². The van der Waals surface area contributed by atoms with E-state index in [0.29, 0.717) is 18.5 Å². The van der Waals surface area contributed by atoms with Gasteiger partial charge < -0.3 is 9.84 Å². The smallest absolute Gasteiger partial charge is 0.248 e. The molecule has 3 aromatic rings. The van der Waals surface area contributed by atoms with Gasteiger partial charge in [-0.05, 0) is 63.1 Å². The van der Waals surface area contributed by atoms with Gasteiger partial charge in [-0.15, -0.1) is 0 Å². The van der Waals surface area contributed by atoms with Crippen molar-refractivity contribution in [2.45, 2.75) is 31.6 Å². The number of carbonyl (C=O) groups excluding carboxylic acids is 1. The van der Waals surface area contributed by atoms with Gasteiger partial charge in [0.05, 0.1) is 0 Å². The van der Waals surface area contributed by atoms with Crippen molar-refractivity contribution in [2.75, 3.05) is 18.4 Å². The second kappa shape index (κ2) is 10.1. The van der Waals surface area contributed by atoms with E-state index >= 15 is 0 Å². The fourth-order valence-electron chi connectivity index (χ4n) is 3.97. The summed E-state index contributed by atoms with van der Waals surface area (Å²) in [4.78, 5) is 12.5. The highest BCUT2D eigenvalue weighted by Crippen LogP contribution is 2.30. The fourth-order valence-corrected chi connectivity index (χ4v) is 5.69. The Kier molecular flexibility index (Phi) is 7.13. The zero-order valence-corrected chi connectivity index (χ0v) is 20.1. The third kappa shape index (κ3) is 5.49. The lowest BCUT2D eigenvalue weighted by Gasteiger charge is -2.30. The number of sulfonamides is 1. The first-order valence-electron chi connectivity index (χ1n) is 11.1. The zero-order chi connectivity index (χ0) is 25.2. The first kappa shape index (κ1) is 24.7. The van der Waals surface area contributed by atoms with E-state index in [1.807, 2.05) is 31.2 Å². The lowest BCUT2D eigenvalue weighted by molar-refractivity contribution is -0.120. The Hall–Kier alpha value is -3.37. The minimum absolute atomic E-state index is 0.0505. The second-order valence-electron chi connectivity index (χ2n) is 8.49. The van der Waals surface area contributed by atoms with Crippen LogP contribution in [0.25, 0.3) is 12.2 Å². The molecular formula is C25H25F2N3O4S. The highest BCUT2D eigenvalue weighted by molar-refractivity contribution is 7.89. The van der Waals surface area contributed by atoms with Crippen LogP contribution in [0.1, 0.15) is 35.4 Å². The maximum absolute atomic E-state index is 13.9. The number of benzene rings is 2. The van der Waals surface area contributed by atoms with Crippen LogP contribution in [0.4, 0.5) is 14.5 Å². The van der Waals surface area contributed by atoms with Gasteiger partial charge in [0.25, 0.3) is 0 Å². The van der Waals surface area contributed by atoms with Crippen LogP contribution in [0, 0.1) is 31.4 Å². The van der Waals surface area contributed by atoms with Crippen molar-refractivity contribution < 1.29 is 26.5 Å². The molecule has 0 aliphatic carbocycles. The van der Waals surface area contributed by atoms with Gasteiger partial charge in [-0.1, -0.05) is 22.9 Å². The van der Waals surface area contributed by atoms with Gasteiger partial charge in [-0.3, -0.25) is 4.79 Å². The predicted octanol–water partition coefficient (Wildman–Crippen LogP) is 4.78. The van der Waals surface area contributed by atoms with Gasteiger partial charge in [0.1, 0.15) is 17.3 Å². The van der Waals surface area contributed by atoms with Gasteiger partial charge >= 0.3 is 0 Å². The molecule has 1 aromatic heterocycles. The number of nitrogens with zero attached hydrogens (tertiary/aromatic N) is 2.